The van der Waals surface area contributed by atoms with Gasteiger partial charge in [-0.3, -0.25) is 14.5 Å². The Morgan fingerprint density at radius 2 is 1.70 bits per heavy atom. The van der Waals surface area contributed by atoms with Crippen molar-refractivity contribution in [3.05, 3.63) is 52.9 Å². The van der Waals surface area contributed by atoms with Crippen LogP contribution in [0.15, 0.2) is 24.3 Å². The standard InChI is InChI=1S/C20H22F5N3O2/c1-4-27(10-18(30)26-19-15(21)6-5-7-16(19)22)9-17(29)14-8-12(2)28(13(14)3)11-20(23,24)25/h5-8H,4,9-11H2,1-3H3,(H,26,30). The van der Waals surface area contributed by atoms with Gasteiger partial charge in [-0.2, -0.15) is 13.2 Å². The lowest BCUT2D eigenvalue weighted by molar-refractivity contribution is -0.141. The minimum atomic E-state index is -4.43. The van der Waals surface area contributed by atoms with E-state index in [9.17, 15) is 31.5 Å². The number of aromatic nitrogens is 1. The quantitative estimate of drug-likeness (QED) is 0.506. The van der Waals surface area contributed by atoms with Crippen molar-refractivity contribution in [3.8, 4) is 0 Å². The molecule has 2 aromatic rings. The van der Waals surface area contributed by atoms with Gasteiger partial charge < -0.3 is 9.88 Å². The number of amides is 1. The van der Waals surface area contributed by atoms with Crippen LogP contribution in [0, 0.1) is 25.5 Å². The smallest absolute Gasteiger partial charge is 0.339 e. The van der Waals surface area contributed by atoms with E-state index < -0.39 is 41.7 Å². The Bertz CT molecular complexity index is 917. The molecule has 164 valence electrons. The molecule has 0 aliphatic heterocycles. The summed E-state index contributed by atoms with van der Waals surface area (Å²) in [5.41, 5.74) is 0.0316. The summed E-state index contributed by atoms with van der Waals surface area (Å²) in [6, 6.07) is 4.53. The molecule has 30 heavy (non-hydrogen) atoms. The molecule has 0 fully saturated rings. The minimum absolute atomic E-state index is 0.135. The van der Waals surface area contributed by atoms with Crippen LogP contribution < -0.4 is 5.32 Å². The number of aryl methyl sites for hydroxylation is 1. The summed E-state index contributed by atoms with van der Waals surface area (Å²) in [4.78, 5) is 26.2. The number of carbonyl (C=O) groups excluding carboxylic acids is 2. The van der Waals surface area contributed by atoms with E-state index in [0.29, 0.717) is 5.69 Å². The van der Waals surface area contributed by atoms with Crippen molar-refractivity contribution < 1.29 is 31.5 Å². The number of hydrogen-bond acceptors (Lipinski definition) is 3. The van der Waals surface area contributed by atoms with Crippen LogP contribution in [0.5, 0.6) is 0 Å². The molecule has 10 heteroatoms. The van der Waals surface area contributed by atoms with Gasteiger partial charge in [0.1, 0.15) is 23.9 Å². The maximum atomic E-state index is 13.7. The molecule has 1 heterocycles. The van der Waals surface area contributed by atoms with Crippen LogP contribution in [-0.4, -0.2) is 47.0 Å². The Morgan fingerprint density at radius 3 is 2.23 bits per heavy atom. The van der Waals surface area contributed by atoms with E-state index in [0.717, 1.165) is 22.8 Å². The second-order valence-corrected chi connectivity index (χ2v) is 6.86. The molecule has 1 N–H and O–H groups in total. The van der Waals surface area contributed by atoms with E-state index in [1.165, 1.54) is 24.8 Å². The van der Waals surface area contributed by atoms with Gasteiger partial charge in [-0.05, 0) is 38.6 Å². The van der Waals surface area contributed by atoms with E-state index >= 15 is 0 Å². The first-order valence-electron chi connectivity index (χ1n) is 9.15. The number of nitrogens with one attached hydrogen (secondary N) is 1. The normalized spacial score (nSPS) is 11.8. The first-order chi connectivity index (χ1) is 13.9. The first kappa shape index (κ1) is 23.5. The van der Waals surface area contributed by atoms with Crippen LogP contribution in [0.1, 0.15) is 28.7 Å². The Kier molecular flexibility index (Phi) is 7.35. The third kappa shape index (κ3) is 5.88. The molecule has 5 nitrogen and oxygen atoms in total. The number of likely N-dealkylation sites (N-methyl/N-ethyl adjacent to an activating group) is 1. The summed E-state index contributed by atoms with van der Waals surface area (Å²) in [6.45, 7) is 3.08. The van der Waals surface area contributed by atoms with Crippen LogP contribution in [0.3, 0.4) is 0 Å². The summed E-state index contributed by atoms with van der Waals surface area (Å²) < 4.78 is 66.6. The third-order valence-corrected chi connectivity index (χ3v) is 4.62. The molecule has 0 aliphatic rings. The lowest BCUT2D eigenvalue weighted by Crippen LogP contribution is -2.37. The second-order valence-electron chi connectivity index (χ2n) is 6.86. The molecule has 1 aromatic carbocycles. The fourth-order valence-corrected chi connectivity index (χ4v) is 3.07. The van der Waals surface area contributed by atoms with Crippen molar-refractivity contribution in [2.24, 2.45) is 0 Å². The van der Waals surface area contributed by atoms with Gasteiger partial charge in [0.25, 0.3) is 0 Å². The van der Waals surface area contributed by atoms with Gasteiger partial charge >= 0.3 is 6.18 Å². The zero-order valence-corrected chi connectivity index (χ0v) is 16.7. The highest BCUT2D eigenvalue weighted by Crippen LogP contribution is 2.23. The topological polar surface area (TPSA) is 54.3 Å². The number of alkyl halides is 3. The van der Waals surface area contributed by atoms with Gasteiger partial charge in [-0.25, -0.2) is 8.78 Å². The molecular weight excluding hydrogens is 409 g/mol. The summed E-state index contributed by atoms with van der Waals surface area (Å²) in [6.07, 6.45) is -4.43. The Morgan fingerprint density at radius 1 is 1.10 bits per heavy atom. The molecule has 0 spiro atoms. The molecule has 2 rings (SSSR count). The molecule has 0 bridgehead atoms. The lowest BCUT2D eigenvalue weighted by atomic mass is 10.1. The van der Waals surface area contributed by atoms with E-state index in [2.05, 4.69) is 5.32 Å². The van der Waals surface area contributed by atoms with Gasteiger partial charge in [-0.1, -0.05) is 13.0 Å². The van der Waals surface area contributed by atoms with Gasteiger partial charge in [0.05, 0.1) is 13.1 Å². The van der Waals surface area contributed by atoms with Crippen LogP contribution in [0.2, 0.25) is 0 Å². The van der Waals surface area contributed by atoms with Gasteiger partial charge in [0.2, 0.25) is 5.91 Å². The molecule has 0 radical (unpaired) electrons. The summed E-state index contributed by atoms with van der Waals surface area (Å²) in [7, 11) is 0. The molecule has 0 saturated carbocycles. The Hall–Kier alpha value is -2.75. The van der Waals surface area contributed by atoms with Gasteiger partial charge in [0, 0.05) is 17.0 Å². The third-order valence-electron chi connectivity index (χ3n) is 4.62. The predicted molar refractivity (Wildman–Crippen MR) is 101 cm³/mol. The average molecular weight is 431 g/mol. The lowest BCUT2D eigenvalue weighted by Gasteiger charge is -2.19. The SMILES string of the molecule is CCN(CC(=O)Nc1c(F)cccc1F)CC(=O)c1cc(C)n(CC(F)(F)F)c1C. The van der Waals surface area contributed by atoms with Crippen LogP contribution in [0.4, 0.5) is 27.6 Å². The Labute approximate surface area is 170 Å². The first-order valence-corrected chi connectivity index (χ1v) is 9.15. The maximum Gasteiger partial charge on any atom is 0.406 e. The van der Waals surface area contributed by atoms with E-state index in [1.807, 2.05) is 0 Å². The van der Waals surface area contributed by atoms with Crippen molar-refractivity contribution in [1.29, 1.82) is 0 Å². The predicted octanol–water partition coefficient (Wildman–Crippen LogP) is 4.09. The number of benzene rings is 1. The van der Waals surface area contributed by atoms with E-state index in [4.69, 9.17) is 0 Å². The molecule has 1 aromatic heterocycles. The number of nitrogens with zero attached hydrogens (tertiary/aromatic N) is 2. The van der Waals surface area contributed by atoms with Gasteiger partial charge in [-0.15, -0.1) is 0 Å². The average Bonchev–Trinajstić information content (AvgIpc) is 2.91. The highest BCUT2D eigenvalue weighted by Gasteiger charge is 2.30. The maximum absolute atomic E-state index is 13.7. The molecule has 0 unspecified atom stereocenters. The number of hydrogen-bond donors (Lipinski definition) is 1. The van der Waals surface area contributed by atoms with Crippen molar-refractivity contribution in [3.63, 3.8) is 0 Å². The van der Waals surface area contributed by atoms with Crippen molar-refractivity contribution >= 4 is 17.4 Å². The number of anilines is 1. The monoisotopic (exact) mass is 431 g/mol. The highest BCUT2D eigenvalue weighted by molar-refractivity contribution is 5.99. The number of halogens is 5. The highest BCUT2D eigenvalue weighted by atomic mass is 19.4. The molecule has 1 amide bonds. The summed E-state index contributed by atoms with van der Waals surface area (Å²) in [5.74, 6) is -3.04. The molecule has 0 atom stereocenters. The minimum Gasteiger partial charge on any atom is -0.339 e. The number of Topliss-reactive ketones (excluding diaryl/α,β-unsaturated/α-hetero) is 1. The van der Waals surface area contributed by atoms with E-state index in [-0.39, 0.29) is 30.9 Å². The Balaban J connectivity index is 2.08. The van der Waals surface area contributed by atoms with Crippen LogP contribution >= 0.6 is 0 Å². The fourth-order valence-electron chi connectivity index (χ4n) is 3.07. The van der Waals surface area contributed by atoms with Crippen LogP contribution in [0.25, 0.3) is 0 Å². The summed E-state index contributed by atoms with van der Waals surface area (Å²) >= 11 is 0. The van der Waals surface area contributed by atoms with E-state index in [1.54, 1.807) is 6.92 Å². The van der Waals surface area contributed by atoms with Crippen molar-refractivity contribution in [2.45, 2.75) is 33.5 Å². The zero-order valence-electron chi connectivity index (χ0n) is 16.7. The van der Waals surface area contributed by atoms with Gasteiger partial charge in [0.15, 0.2) is 5.78 Å². The molecule has 0 aliphatic carbocycles. The van der Waals surface area contributed by atoms with Crippen molar-refractivity contribution in [1.82, 2.24) is 9.47 Å². The number of para-hydroxylation sites is 1. The number of carbonyl (C=O) groups is 2. The summed E-state index contributed by atoms with van der Waals surface area (Å²) in [5, 5.41) is 2.14. The number of rotatable bonds is 8. The number of ketones is 1. The molecule has 0 saturated heterocycles. The van der Waals surface area contributed by atoms with Crippen molar-refractivity contribution in [2.75, 3.05) is 25.0 Å². The zero-order chi connectivity index (χ0) is 22.6. The largest absolute Gasteiger partial charge is 0.406 e. The molecular formula is C20H22F5N3O2. The second kappa shape index (κ2) is 9.38. The van der Waals surface area contributed by atoms with Crippen LogP contribution in [-0.2, 0) is 11.3 Å². The fraction of sp³-hybridized carbons (Fsp3) is 0.400.